The van der Waals surface area contributed by atoms with E-state index in [-0.39, 0.29) is 24.2 Å². The number of hydrogen-bond donors (Lipinski definition) is 1. The largest absolute Gasteiger partial charge is 0.433 e. The van der Waals surface area contributed by atoms with Crippen LogP contribution in [0.4, 0.5) is 26.3 Å². The van der Waals surface area contributed by atoms with Gasteiger partial charge in [-0.05, 0) is 0 Å². The lowest BCUT2D eigenvalue weighted by atomic mass is 10.0. The summed E-state index contributed by atoms with van der Waals surface area (Å²) in [6, 6.07) is 0. The smallest absolute Gasteiger partial charge is 0.312 e. The Bertz CT molecular complexity index is 479. The average Bonchev–Trinajstić information content (AvgIpc) is 2.24. The minimum atomic E-state index is -4.79. The van der Waals surface area contributed by atoms with Gasteiger partial charge in [-0.25, -0.2) is 9.97 Å². The first-order chi connectivity index (χ1) is 8.67. The maximum Gasteiger partial charge on any atom is 0.433 e. The molecule has 0 saturated carbocycles. The van der Waals surface area contributed by atoms with E-state index in [0.29, 0.717) is 6.54 Å². The summed E-state index contributed by atoms with van der Waals surface area (Å²) in [4.78, 5) is 6.65. The number of halogens is 6. The molecule has 0 fully saturated rings. The molecular formula is C10H9F6N3. The van der Waals surface area contributed by atoms with Crippen LogP contribution in [-0.2, 0) is 25.6 Å². The minimum absolute atomic E-state index is 0.0420. The summed E-state index contributed by atoms with van der Waals surface area (Å²) in [5.74, 6) is -0.833. The molecule has 1 aromatic rings. The van der Waals surface area contributed by atoms with E-state index in [1.54, 1.807) is 0 Å². The molecule has 0 atom stereocenters. The lowest BCUT2D eigenvalue weighted by Gasteiger charge is -2.21. The highest BCUT2D eigenvalue weighted by molar-refractivity contribution is 5.30. The Kier molecular flexibility index (Phi) is 3.41. The normalized spacial score (nSPS) is 16.3. The lowest BCUT2D eigenvalue weighted by molar-refractivity contribution is -0.144. The predicted octanol–water partition coefficient (Wildman–Crippen LogP) is 2.25. The topological polar surface area (TPSA) is 37.8 Å². The Balaban J connectivity index is 2.48. The molecule has 2 rings (SSSR count). The van der Waals surface area contributed by atoms with Crippen molar-refractivity contribution < 1.29 is 26.3 Å². The summed E-state index contributed by atoms with van der Waals surface area (Å²) in [6.07, 6.45) is -10.8. The molecule has 1 aliphatic heterocycles. The number of hydrogen-bond acceptors (Lipinski definition) is 3. The van der Waals surface area contributed by atoms with Crippen molar-refractivity contribution in [3.05, 3.63) is 22.8 Å². The quantitative estimate of drug-likeness (QED) is 0.804. The van der Waals surface area contributed by atoms with Crippen molar-refractivity contribution in [2.24, 2.45) is 0 Å². The second-order valence-electron chi connectivity index (χ2n) is 4.13. The molecule has 0 aliphatic carbocycles. The Morgan fingerprint density at radius 3 is 2.32 bits per heavy atom. The second-order valence-corrected chi connectivity index (χ2v) is 4.13. The molecule has 1 aliphatic rings. The van der Waals surface area contributed by atoms with E-state index in [4.69, 9.17) is 0 Å². The Morgan fingerprint density at radius 1 is 1.05 bits per heavy atom. The third-order valence-corrected chi connectivity index (χ3v) is 2.61. The number of nitrogens with zero attached hydrogens (tertiary/aromatic N) is 2. The van der Waals surface area contributed by atoms with E-state index in [0.717, 1.165) is 0 Å². The van der Waals surface area contributed by atoms with Gasteiger partial charge in [0.25, 0.3) is 0 Å². The van der Waals surface area contributed by atoms with Crippen molar-refractivity contribution in [3.63, 3.8) is 0 Å². The van der Waals surface area contributed by atoms with Gasteiger partial charge in [-0.15, -0.1) is 0 Å². The maximum atomic E-state index is 12.8. The minimum Gasteiger partial charge on any atom is -0.312 e. The van der Waals surface area contributed by atoms with Gasteiger partial charge in [0.2, 0.25) is 0 Å². The third-order valence-electron chi connectivity index (χ3n) is 2.61. The van der Waals surface area contributed by atoms with E-state index in [1.807, 2.05) is 0 Å². The van der Waals surface area contributed by atoms with E-state index in [1.165, 1.54) is 0 Å². The zero-order chi connectivity index (χ0) is 14.3. The SMILES string of the molecule is FC(F)(F)Cc1nc2c(c(C(F)(F)F)n1)CNCC2. The summed E-state index contributed by atoms with van der Waals surface area (Å²) in [6.45, 7) is 0.295. The molecule has 1 N–H and O–H groups in total. The molecule has 0 saturated heterocycles. The van der Waals surface area contributed by atoms with Crippen LogP contribution in [0.25, 0.3) is 0 Å². The van der Waals surface area contributed by atoms with E-state index in [2.05, 4.69) is 15.3 Å². The molecule has 0 aromatic carbocycles. The van der Waals surface area contributed by atoms with Crippen molar-refractivity contribution in [1.82, 2.24) is 15.3 Å². The molecule has 3 nitrogen and oxygen atoms in total. The summed E-state index contributed by atoms with van der Waals surface area (Å²) in [7, 11) is 0. The van der Waals surface area contributed by atoms with Gasteiger partial charge < -0.3 is 5.32 Å². The molecule has 0 spiro atoms. The molecule has 0 radical (unpaired) electrons. The maximum absolute atomic E-state index is 12.8. The highest BCUT2D eigenvalue weighted by Gasteiger charge is 2.39. The Morgan fingerprint density at radius 2 is 1.74 bits per heavy atom. The van der Waals surface area contributed by atoms with Gasteiger partial charge in [-0.3, -0.25) is 0 Å². The van der Waals surface area contributed by atoms with Gasteiger partial charge in [-0.2, -0.15) is 26.3 Å². The van der Waals surface area contributed by atoms with Crippen molar-refractivity contribution in [1.29, 1.82) is 0 Å². The fraction of sp³-hybridized carbons (Fsp3) is 0.600. The average molecular weight is 285 g/mol. The van der Waals surface area contributed by atoms with E-state index in [9.17, 15) is 26.3 Å². The van der Waals surface area contributed by atoms with Crippen molar-refractivity contribution >= 4 is 0 Å². The molecule has 0 bridgehead atoms. The highest BCUT2D eigenvalue weighted by atomic mass is 19.4. The standard InChI is InChI=1S/C10H9F6N3/c11-9(12,13)3-7-18-6-1-2-17-4-5(6)8(19-7)10(14,15)16/h17H,1-4H2. The van der Waals surface area contributed by atoms with Gasteiger partial charge in [0, 0.05) is 25.1 Å². The van der Waals surface area contributed by atoms with Gasteiger partial charge in [0.1, 0.15) is 12.2 Å². The first-order valence-electron chi connectivity index (χ1n) is 5.40. The van der Waals surface area contributed by atoms with Gasteiger partial charge >= 0.3 is 12.4 Å². The highest BCUT2D eigenvalue weighted by Crippen LogP contribution is 2.33. The molecule has 19 heavy (non-hydrogen) atoms. The lowest BCUT2D eigenvalue weighted by Crippen LogP contribution is -2.30. The summed E-state index contributed by atoms with van der Waals surface area (Å²) in [5, 5.41) is 2.72. The van der Waals surface area contributed by atoms with Gasteiger partial charge in [-0.1, -0.05) is 0 Å². The van der Waals surface area contributed by atoms with Gasteiger partial charge in [0.15, 0.2) is 5.69 Å². The Hall–Kier alpha value is -1.38. The van der Waals surface area contributed by atoms with Crippen LogP contribution in [0, 0.1) is 0 Å². The number of alkyl halides is 6. The zero-order valence-electron chi connectivity index (χ0n) is 9.49. The molecular weight excluding hydrogens is 276 g/mol. The monoisotopic (exact) mass is 285 g/mol. The summed E-state index contributed by atoms with van der Waals surface area (Å²) >= 11 is 0. The first kappa shape index (κ1) is 14.0. The second kappa shape index (κ2) is 4.62. The van der Waals surface area contributed by atoms with Crippen molar-refractivity contribution in [3.8, 4) is 0 Å². The van der Waals surface area contributed by atoms with Gasteiger partial charge in [0.05, 0.1) is 5.69 Å². The zero-order valence-corrected chi connectivity index (χ0v) is 9.49. The Labute approximate surface area is 104 Å². The molecule has 1 aromatic heterocycles. The molecule has 0 unspecified atom stereocenters. The fourth-order valence-electron chi connectivity index (χ4n) is 1.89. The summed E-state index contributed by atoms with van der Waals surface area (Å²) < 4.78 is 75.1. The van der Waals surface area contributed by atoms with Crippen LogP contribution < -0.4 is 5.32 Å². The van der Waals surface area contributed by atoms with Crippen molar-refractivity contribution in [2.75, 3.05) is 6.54 Å². The van der Waals surface area contributed by atoms with Crippen LogP contribution in [-0.4, -0.2) is 22.7 Å². The van der Waals surface area contributed by atoms with Crippen molar-refractivity contribution in [2.45, 2.75) is 31.7 Å². The van der Waals surface area contributed by atoms with E-state index >= 15 is 0 Å². The number of rotatable bonds is 1. The van der Waals surface area contributed by atoms with Crippen LogP contribution in [0.15, 0.2) is 0 Å². The van der Waals surface area contributed by atoms with Crippen LogP contribution in [0.2, 0.25) is 0 Å². The van der Waals surface area contributed by atoms with Crippen LogP contribution in [0.5, 0.6) is 0 Å². The molecule has 9 heteroatoms. The fourth-order valence-corrected chi connectivity index (χ4v) is 1.89. The number of fused-ring (bicyclic) bond motifs is 1. The number of nitrogens with one attached hydrogen (secondary N) is 1. The first-order valence-corrected chi connectivity index (χ1v) is 5.40. The molecule has 0 amide bonds. The molecule has 106 valence electrons. The van der Waals surface area contributed by atoms with E-state index < -0.39 is 30.3 Å². The van der Waals surface area contributed by atoms with Crippen LogP contribution >= 0.6 is 0 Å². The molecule has 2 heterocycles. The van der Waals surface area contributed by atoms with Crippen LogP contribution in [0.1, 0.15) is 22.8 Å². The third kappa shape index (κ3) is 3.34. The van der Waals surface area contributed by atoms with Crippen LogP contribution in [0.3, 0.4) is 0 Å². The number of aromatic nitrogens is 2. The predicted molar refractivity (Wildman–Crippen MR) is 52.2 cm³/mol. The summed E-state index contributed by atoms with van der Waals surface area (Å²) in [5.41, 5.74) is -1.39.